The van der Waals surface area contributed by atoms with Crippen molar-refractivity contribution in [3.05, 3.63) is 72.9 Å². The van der Waals surface area contributed by atoms with Crippen LogP contribution in [-0.4, -0.2) is 59.9 Å². The van der Waals surface area contributed by atoms with E-state index in [1.165, 1.54) is 32.1 Å². The first-order valence-electron chi connectivity index (χ1n) is 21.5. The number of carbonyl (C=O) groups is 3. The Hall–Kier alpha value is -3.08. The zero-order valence-corrected chi connectivity index (χ0v) is 36.0. The van der Waals surface area contributed by atoms with E-state index in [0.717, 1.165) is 89.9 Å². The molecule has 0 spiro atoms. The van der Waals surface area contributed by atoms with Gasteiger partial charge in [-0.2, -0.15) is 0 Å². The third-order valence-electron chi connectivity index (χ3n) is 8.69. The van der Waals surface area contributed by atoms with Crippen LogP contribution in [0.4, 0.5) is 0 Å². The molecule has 0 rings (SSSR count). The highest BCUT2D eigenvalue weighted by Crippen LogP contribution is 2.43. The molecule has 0 aromatic heterocycles. The van der Waals surface area contributed by atoms with Gasteiger partial charge in [0.05, 0.1) is 13.2 Å². The zero-order valence-electron chi connectivity index (χ0n) is 35.2. The molecular formula is C45H76NO10P. The van der Waals surface area contributed by atoms with Crippen LogP contribution in [0.3, 0.4) is 0 Å². The summed E-state index contributed by atoms with van der Waals surface area (Å²) in [5.74, 6) is -2.44. The molecule has 57 heavy (non-hydrogen) atoms. The van der Waals surface area contributed by atoms with E-state index in [0.29, 0.717) is 12.8 Å². The van der Waals surface area contributed by atoms with Crippen molar-refractivity contribution in [1.29, 1.82) is 0 Å². The molecule has 0 amide bonds. The molecule has 0 aliphatic heterocycles. The maximum absolute atomic E-state index is 12.6. The lowest BCUT2D eigenvalue weighted by atomic mass is 10.1. The van der Waals surface area contributed by atoms with E-state index in [-0.39, 0.29) is 19.4 Å². The molecule has 1 unspecified atom stereocenters. The van der Waals surface area contributed by atoms with Crippen molar-refractivity contribution in [3.63, 3.8) is 0 Å². The zero-order chi connectivity index (χ0) is 42.1. The number of hydrogen-bond acceptors (Lipinski definition) is 9. The number of nitrogens with two attached hydrogens (primary N) is 1. The highest BCUT2D eigenvalue weighted by Gasteiger charge is 2.28. The van der Waals surface area contributed by atoms with Crippen LogP contribution < -0.4 is 5.73 Å². The number of esters is 2. The van der Waals surface area contributed by atoms with Gasteiger partial charge in [0.15, 0.2) is 6.10 Å². The summed E-state index contributed by atoms with van der Waals surface area (Å²) in [5.41, 5.74) is 5.33. The standard InChI is InChI=1S/C45H76NO10P/c1-3-5-7-9-11-13-15-17-19-20-21-22-23-25-26-28-30-32-34-36-43(47)53-38-41(39-54-57(51,52)55-40-42(46)45(49)50)56-44(48)37-35-33-31-29-27-24-18-16-14-12-10-8-6-4-2/h5,7,11,13,16-19,21-22,25-26,41-42H,3-4,6,8-10,12,14-15,20,23-24,27-40,46H2,1-2H3,(H,49,50)(H,51,52)/b7-5+,13-11+,18-16+,19-17+,22-21+,26-25+/t41-,42+/m0/s1. The minimum atomic E-state index is -4.73. The van der Waals surface area contributed by atoms with Crippen LogP contribution in [0, 0.1) is 0 Å². The van der Waals surface area contributed by atoms with Crippen LogP contribution in [0.5, 0.6) is 0 Å². The van der Waals surface area contributed by atoms with Gasteiger partial charge < -0.3 is 25.2 Å². The number of phosphoric ester groups is 1. The van der Waals surface area contributed by atoms with Crippen molar-refractivity contribution in [1.82, 2.24) is 0 Å². The van der Waals surface area contributed by atoms with Crippen molar-refractivity contribution in [2.24, 2.45) is 5.73 Å². The number of hydrogen-bond donors (Lipinski definition) is 3. The molecule has 3 atom stereocenters. The second kappa shape index (κ2) is 39.7. The topological polar surface area (TPSA) is 172 Å². The first-order valence-corrected chi connectivity index (χ1v) is 23.0. The molecule has 0 aliphatic carbocycles. The molecule has 4 N–H and O–H groups in total. The van der Waals surface area contributed by atoms with Crippen LogP contribution in [0.1, 0.15) is 162 Å². The Labute approximate surface area is 344 Å². The highest BCUT2D eigenvalue weighted by atomic mass is 31.2. The van der Waals surface area contributed by atoms with Gasteiger partial charge >= 0.3 is 25.7 Å². The molecule has 326 valence electrons. The predicted molar refractivity (Wildman–Crippen MR) is 231 cm³/mol. The summed E-state index contributed by atoms with van der Waals surface area (Å²) in [4.78, 5) is 45.9. The Kier molecular flexibility index (Phi) is 37.6. The number of unbranched alkanes of at least 4 members (excludes halogenated alkanes) is 13. The van der Waals surface area contributed by atoms with Gasteiger partial charge in [0.25, 0.3) is 0 Å². The molecule has 0 saturated carbocycles. The molecule has 0 radical (unpaired) electrons. The van der Waals surface area contributed by atoms with Gasteiger partial charge in [0, 0.05) is 12.8 Å². The van der Waals surface area contributed by atoms with Gasteiger partial charge in [0.1, 0.15) is 12.6 Å². The second-order valence-electron chi connectivity index (χ2n) is 14.1. The molecule has 0 aliphatic rings. The number of carboxylic acid groups (broad SMARTS) is 1. The number of ether oxygens (including phenoxy) is 2. The maximum Gasteiger partial charge on any atom is 0.472 e. The van der Waals surface area contributed by atoms with Gasteiger partial charge in [-0.05, 0) is 83.5 Å². The van der Waals surface area contributed by atoms with Crippen molar-refractivity contribution in [2.75, 3.05) is 19.8 Å². The lowest BCUT2D eigenvalue weighted by Crippen LogP contribution is -2.34. The summed E-state index contributed by atoms with van der Waals surface area (Å²) in [6.45, 7) is 2.62. The summed E-state index contributed by atoms with van der Waals surface area (Å²) < 4.78 is 32.6. The summed E-state index contributed by atoms with van der Waals surface area (Å²) in [7, 11) is -4.73. The smallest absolute Gasteiger partial charge is 0.472 e. The summed E-state index contributed by atoms with van der Waals surface area (Å²) in [6, 6.07) is -1.53. The minimum absolute atomic E-state index is 0.140. The first-order chi connectivity index (χ1) is 27.6. The third kappa shape index (κ3) is 39.5. The number of rotatable bonds is 39. The normalized spacial score (nSPS) is 14.5. The molecular weight excluding hydrogens is 745 g/mol. The highest BCUT2D eigenvalue weighted by molar-refractivity contribution is 7.47. The Morgan fingerprint density at radius 2 is 0.982 bits per heavy atom. The van der Waals surface area contributed by atoms with Crippen LogP contribution in [-0.2, 0) is 37.5 Å². The Bertz CT molecular complexity index is 1240. The van der Waals surface area contributed by atoms with Crippen LogP contribution in [0.25, 0.3) is 0 Å². The van der Waals surface area contributed by atoms with E-state index < -0.39 is 51.1 Å². The fraction of sp³-hybridized carbons (Fsp3) is 0.667. The number of carbonyl (C=O) groups excluding carboxylic acids is 2. The van der Waals surface area contributed by atoms with Crippen molar-refractivity contribution in [3.8, 4) is 0 Å². The lowest BCUT2D eigenvalue weighted by Gasteiger charge is -2.20. The first kappa shape index (κ1) is 53.9. The third-order valence-corrected chi connectivity index (χ3v) is 9.64. The lowest BCUT2D eigenvalue weighted by molar-refractivity contribution is -0.161. The Morgan fingerprint density at radius 1 is 0.561 bits per heavy atom. The SMILES string of the molecule is CC/C=C/C/C=C/C/C=C/C/C=C/C/C=C/CCCCCC(=O)OC[C@@H](COP(=O)(O)OC[C@@H](N)C(=O)O)OC(=O)CCCCCCC/C=C/CCCCCCC. The van der Waals surface area contributed by atoms with E-state index in [9.17, 15) is 23.8 Å². The van der Waals surface area contributed by atoms with Gasteiger partial charge in [0.2, 0.25) is 0 Å². The van der Waals surface area contributed by atoms with E-state index in [4.69, 9.17) is 24.8 Å². The molecule has 0 saturated heterocycles. The monoisotopic (exact) mass is 822 g/mol. The van der Waals surface area contributed by atoms with Crippen molar-refractivity contribution < 1.29 is 47.5 Å². The number of allylic oxidation sites excluding steroid dienone is 12. The largest absolute Gasteiger partial charge is 0.480 e. The average molecular weight is 822 g/mol. The molecule has 11 nitrogen and oxygen atoms in total. The predicted octanol–water partition coefficient (Wildman–Crippen LogP) is 11.3. The molecule has 0 bridgehead atoms. The minimum Gasteiger partial charge on any atom is -0.480 e. The van der Waals surface area contributed by atoms with Crippen molar-refractivity contribution in [2.45, 2.75) is 174 Å². The van der Waals surface area contributed by atoms with E-state index in [2.05, 4.69) is 91.3 Å². The maximum atomic E-state index is 12.6. The average Bonchev–Trinajstić information content (AvgIpc) is 3.19. The van der Waals surface area contributed by atoms with Gasteiger partial charge in [-0.3, -0.25) is 23.4 Å². The number of aliphatic carboxylic acids is 1. The Morgan fingerprint density at radius 3 is 1.51 bits per heavy atom. The van der Waals surface area contributed by atoms with E-state index in [1.54, 1.807) is 0 Å². The van der Waals surface area contributed by atoms with Gasteiger partial charge in [-0.1, -0.05) is 138 Å². The van der Waals surface area contributed by atoms with Gasteiger partial charge in [-0.25, -0.2) is 4.57 Å². The van der Waals surface area contributed by atoms with Crippen LogP contribution in [0.2, 0.25) is 0 Å². The van der Waals surface area contributed by atoms with Gasteiger partial charge in [-0.15, -0.1) is 0 Å². The summed E-state index contributed by atoms with van der Waals surface area (Å²) in [6.07, 6.45) is 46.8. The van der Waals surface area contributed by atoms with Crippen LogP contribution >= 0.6 is 7.82 Å². The fourth-order valence-corrected chi connectivity index (χ4v) is 6.10. The molecule has 0 aromatic rings. The summed E-state index contributed by atoms with van der Waals surface area (Å²) >= 11 is 0. The fourth-order valence-electron chi connectivity index (χ4n) is 5.32. The second-order valence-corrected chi connectivity index (χ2v) is 15.5. The van der Waals surface area contributed by atoms with E-state index in [1.807, 2.05) is 0 Å². The number of carboxylic acids is 1. The van der Waals surface area contributed by atoms with Crippen molar-refractivity contribution >= 4 is 25.7 Å². The summed E-state index contributed by atoms with van der Waals surface area (Å²) in [5, 5.41) is 8.88. The van der Waals surface area contributed by atoms with E-state index >= 15 is 0 Å². The molecule has 0 heterocycles. The molecule has 12 heteroatoms. The van der Waals surface area contributed by atoms with Crippen LogP contribution in [0.15, 0.2) is 72.9 Å². The quantitative estimate of drug-likeness (QED) is 0.0233. The molecule has 0 aromatic carbocycles. The molecule has 0 fully saturated rings. The number of phosphoric acid groups is 1. The Balaban J connectivity index is 4.45.